The number of nitrogens with zero attached hydrogens (tertiary/aromatic N) is 3. The molecule has 0 saturated heterocycles. The van der Waals surface area contributed by atoms with E-state index in [0.717, 1.165) is 5.56 Å². The summed E-state index contributed by atoms with van der Waals surface area (Å²) in [4.78, 5) is 36.0. The topological polar surface area (TPSA) is 154 Å². The predicted molar refractivity (Wildman–Crippen MR) is 133 cm³/mol. The number of hydrogen-bond acceptors (Lipinski definition) is 9. The van der Waals surface area contributed by atoms with Crippen LogP contribution >= 0.6 is 0 Å². The number of rotatable bonds is 5. The second-order valence-corrected chi connectivity index (χ2v) is 8.19. The smallest absolute Gasteiger partial charge is 0.349 e. The van der Waals surface area contributed by atoms with Gasteiger partial charge < -0.3 is 30.9 Å². The third-order valence-corrected chi connectivity index (χ3v) is 6.20. The summed E-state index contributed by atoms with van der Waals surface area (Å²) in [6.45, 7) is 0. The molecule has 2 heterocycles. The maximum atomic E-state index is 14.0. The Morgan fingerprint density at radius 2 is 1.89 bits per heavy atom. The first-order chi connectivity index (χ1) is 17.2. The molecule has 0 saturated carbocycles. The van der Waals surface area contributed by atoms with Crippen LogP contribution < -0.4 is 16.4 Å². The van der Waals surface area contributed by atoms with Crippen molar-refractivity contribution in [1.82, 2.24) is 9.97 Å². The number of aromatic nitrogens is 2. The van der Waals surface area contributed by atoms with Gasteiger partial charge in [-0.1, -0.05) is 30.0 Å². The minimum absolute atomic E-state index is 0.0125. The van der Waals surface area contributed by atoms with E-state index < -0.39 is 23.6 Å². The lowest BCUT2D eigenvalue weighted by Gasteiger charge is -2.44. The summed E-state index contributed by atoms with van der Waals surface area (Å²) in [6, 6.07) is 12.8. The lowest BCUT2D eigenvalue weighted by Crippen LogP contribution is -2.66. The standard InChI is InChI=1S/C26H25N5O5/c1-31-19-12-11-16(10-9-15-7-5-4-6-8-15)18(13-17-14-29-25(28)30-22(17)27)20(19)21(32)26(36-3,24(33)34)23(31)35-2/h4-8,11-12,14,23H,13H2,1-3H3,(H,33,34)(H4,27,28,29,30). The number of Topliss-reactive ketones (excluding diaryl/α,β-unsaturated/α-hetero) is 1. The first-order valence-electron chi connectivity index (χ1n) is 10.9. The van der Waals surface area contributed by atoms with Crippen molar-refractivity contribution in [2.24, 2.45) is 0 Å². The maximum absolute atomic E-state index is 14.0. The number of ether oxygens (including phenoxy) is 2. The Labute approximate surface area is 207 Å². The first-order valence-corrected chi connectivity index (χ1v) is 10.9. The molecule has 1 aromatic heterocycles. The lowest BCUT2D eigenvalue weighted by molar-refractivity contribution is -0.170. The van der Waals surface area contributed by atoms with E-state index in [1.807, 2.05) is 30.3 Å². The molecule has 3 aromatic rings. The van der Waals surface area contributed by atoms with Crippen molar-refractivity contribution in [3.63, 3.8) is 0 Å². The van der Waals surface area contributed by atoms with Gasteiger partial charge in [-0.15, -0.1) is 0 Å². The molecule has 2 aromatic carbocycles. The number of ketones is 1. The van der Waals surface area contributed by atoms with Gasteiger partial charge >= 0.3 is 5.97 Å². The Morgan fingerprint density at radius 1 is 1.17 bits per heavy atom. The molecule has 10 nitrogen and oxygen atoms in total. The van der Waals surface area contributed by atoms with Crippen LogP contribution in [0, 0.1) is 11.8 Å². The highest BCUT2D eigenvalue weighted by molar-refractivity contribution is 6.20. The molecule has 10 heteroatoms. The number of methoxy groups -OCH3 is 2. The number of nitrogens with two attached hydrogens (primary N) is 2. The van der Waals surface area contributed by atoms with Crippen LogP contribution in [0.2, 0.25) is 0 Å². The van der Waals surface area contributed by atoms with Crippen LogP contribution in [-0.4, -0.2) is 59.9 Å². The summed E-state index contributed by atoms with van der Waals surface area (Å²) in [5, 5.41) is 10.1. The quantitative estimate of drug-likeness (QED) is 0.358. The fourth-order valence-corrected chi connectivity index (χ4v) is 4.41. The number of fused-ring (bicyclic) bond motifs is 1. The van der Waals surface area contributed by atoms with Gasteiger partial charge in [0, 0.05) is 61.8 Å². The van der Waals surface area contributed by atoms with Crippen molar-refractivity contribution in [3.8, 4) is 11.8 Å². The Balaban J connectivity index is 1.99. The number of carbonyl (C=O) groups excluding carboxylic acids is 1. The van der Waals surface area contributed by atoms with Crippen molar-refractivity contribution in [3.05, 3.63) is 76.5 Å². The predicted octanol–water partition coefficient (Wildman–Crippen LogP) is 1.71. The number of likely N-dealkylation sites (N-methyl/N-ethyl adjacent to an activating group) is 1. The number of benzene rings is 2. The van der Waals surface area contributed by atoms with Gasteiger partial charge in [0.25, 0.3) is 5.60 Å². The lowest BCUT2D eigenvalue weighted by atomic mass is 9.80. The van der Waals surface area contributed by atoms with Gasteiger partial charge in [-0.2, -0.15) is 4.98 Å². The van der Waals surface area contributed by atoms with Crippen molar-refractivity contribution in [2.75, 3.05) is 37.6 Å². The normalized spacial score (nSPS) is 18.8. The molecule has 1 aliphatic heterocycles. The van der Waals surface area contributed by atoms with Crippen LogP contribution in [0.5, 0.6) is 0 Å². The van der Waals surface area contributed by atoms with E-state index in [2.05, 4.69) is 21.8 Å². The third-order valence-electron chi connectivity index (χ3n) is 6.20. The fraction of sp³-hybridized carbons (Fsp3) is 0.231. The minimum Gasteiger partial charge on any atom is -0.479 e. The Morgan fingerprint density at radius 3 is 2.50 bits per heavy atom. The van der Waals surface area contributed by atoms with E-state index in [9.17, 15) is 14.7 Å². The van der Waals surface area contributed by atoms with Gasteiger partial charge in [0.2, 0.25) is 11.7 Å². The van der Waals surface area contributed by atoms with Gasteiger partial charge in [0.15, 0.2) is 6.23 Å². The fourth-order valence-electron chi connectivity index (χ4n) is 4.41. The molecule has 5 N–H and O–H groups in total. The molecule has 4 rings (SSSR count). The van der Waals surface area contributed by atoms with Crippen LogP contribution in [0.3, 0.4) is 0 Å². The molecule has 0 bridgehead atoms. The van der Waals surface area contributed by atoms with Crippen LogP contribution in [0.15, 0.2) is 48.7 Å². The number of anilines is 3. The maximum Gasteiger partial charge on any atom is 0.349 e. The van der Waals surface area contributed by atoms with Crippen LogP contribution in [-0.2, 0) is 20.7 Å². The second-order valence-electron chi connectivity index (χ2n) is 8.19. The molecule has 0 radical (unpaired) electrons. The second kappa shape index (κ2) is 9.65. The highest BCUT2D eigenvalue weighted by atomic mass is 16.6. The highest BCUT2D eigenvalue weighted by Crippen LogP contribution is 2.41. The van der Waals surface area contributed by atoms with E-state index in [-0.39, 0.29) is 23.8 Å². The van der Waals surface area contributed by atoms with E-state index in [0.29, 0.717) is 22.4 Å². The highest BCUT2D eigenvalue weighted by Gasteiger charge is 2.60. The van der Waals surface area contributed by atoms with Gasteiger partial charge in [0.1, 0.15) is 5.82 Å². The molecule has 2 unspecified atom stereocenters. The van der Waals surface area contributed by atoms with Gasteiger partial charge in [-0.3, -0.25) is 4.79 Å². The average molecular weight is 488 g/mol. The summed E-state index contributed by atoms with van der Waals surface area (Å²) in [6.07, 6.45) is 0.366. The Hall–Kier alpha value is -4.46. The molecule has 0 amide bonds. The Bertz CT molecular complexity index is 1400. The van der Waals surface area contributed by atoms with E-state index in [1.54, 1.807) is 24.1 Å². The summed E-state index contributed by atoms with van der Waals surface area (Å²) >= 11 is 0. The van der Waals surface area contributed by atoms with Gasteiger partial charge in [-0.25, -0.2) is 9.78 Å². The zero-order valence-electron chi connectivity index (χ0n) is 20.0. The van der Waals surface area contributed by atoms with Crippen molar-refractivity contribution in [1.29, 1.82) is 0 Å². The molecule has 0 aliphatic carbocycles. The summed E-state index contributed by atoms with van der Waals surface area (Å²) in [7, 11) is 4.13. The molecule has 184 valence electrons. The van der Waals surface area contributed by atoms with E-state index in [4.69, 9.17) is 20.9 Å². The Kier molecular flexibility index (Phi) is 6.61. The zero-order chi connectivity index (χ0) is 26.0. The zero-order valence-corrected chi connectivity index (χ0v) is 20.0. The molecule has 0 fully saturated rings. The molecular weight excluding hydrogens is 462 g/mol. The first kappa shape index (κ1) is 24.7. The number of carboxylic acid groups (broad SMARTS) is 1. The van der Waals surface area contributed by atoms with Crippen LogP contribution in [0.1, 0.15) is 32.6 Å². The largest absolute Gasteiger partial charge is 0.479 e. The number of aliphatic carboxylic acids is 1. The SMILES string of the molecule is COC1N(C)c2ccc(C#Cc3ccccc3)c(Cc3cnc(N)nc3N)c2C(=O)C1(OC)C(=O)O. The minimum atomic E-state index is -2.31. The van der Waals surface area contributed by atoms with Gasteiger partial charge in [0.05, 0.1) is 0 Å². The van der Waals surface area contributed by atoms with Crippen LogP contribution in [0.4, 0.5) is 17.5 Å². The molecule has 36 heavy (non-hydrogen) atoms. The monoisotopic (exact) mass is 487 g/mol. The van der Waals surface area contributed by atoms with Crippen molar-refractivity contribution in [2.45, 2.75) is 18.2 Å². The van der Waals surface area contributed by atoms with E-state index >= 15 is 0 Å². The molecule has 0 spiro atoms. The summed E-state index contributed by atoms with van der Waals surface area (Å²) in [5.41, 5.74) is 12.3. The average Bonchev–Trinajstić information content (AvgIpc) is 2.87. The van der Waals surface area contributed by atoms with E-state index in [1.165, 1.54) is 20.4 Å². The number of nitrogen functional groups attached to an aromatic ring is 2. The number of carboxylic acids is 1. The number of hydrogen-bond donors (Lipinski definition) is 3. The van der Waals surface area contributed by atoms with Crippen molar-refractivity contribution < 1.29 is 24.2 Å². The molecule has 2 atom stereocenters. The summed E-state index contributed by atoms with van der Waals surface area (Å²) < 4.78 is 10.8. The van der Waals surface area contributed by atoms with Gasteiger partial charge in [-0.05, 0) is 29.8 Å². The molecular formula is C26H25N5O5. The van der Waals surface area contributed by atoms with Crippen molar-refractivity contribution >= 4 is 29.2 Å². The van der Waals surface area contributed by atoms with Crippen LogP contribution in [0.25, 0.3) is 0 Å². The molecule has 1 aliphatic rings. The number of carbonyl (C=O) groups is 2. The summed E-state index contributed by atoms with van der Waals surface area (Å²) in [5.74, 6) is 4.14. The third kappa shape index (κ3) is 4.00.